The monoisotopic (exact) mass is 314 g/mol. The van der Waals surface area contributed by atoms with Crippen molar-refractivity contribution in [1.82, 2.24) is 0 Å². The molecule has 0 N–H and O–H groups in total. The van der Waals surface area contributed by atoms with E-state index >= 15 is 0 Å². The molecule has 4 heteroatoms. The van der Waals surface area contributed by atoms with Crippen molar-refractivity contribution in [3.63, 3.8) is 0 Å². The Hall–Kier alpha value is -1.06. The molecular weight excluding hydrogens is 280 g/mol. The molecule has 0 bridgehead atoms. The van der Waals surface area contributed by atoms with Crippen LogP contribution in [0.3, 0.4) is 0 Å². The standard InChI is InChI=1S/C18H34O4/c1-4-6-8-9-11-15-21-17(19)13-14-18(20)22-16(3)12-10-7-5-2/h16H,4-15H2,1-3H3. The minimum atomic E-state index is -0.302. The van der Waals surface area contributed by atoms with Crippen LogP contribution in [0.25, 0.3) is 0 Å². The number of carbonyl (C=O) groups excluding carboxylic acids is 2. The van der Waals surface area contributed by atoms with Gasteiger partial charge in [0.25, 0.3) is 0 Å². The second kappa shape index (κ2) is 14.9. The summed E-state index contributed by atoms with van der Waals surface area (Å²) >= 11 is 0. The number of ether oxygens (including phenoxy) is 2. The molecule has 0 aliphatic rings. The lowest BCUT2D eigenvalue weighted by Gasteiger charge is -2.12. The van der Waals surface area contributed by atoms with Gasteiger partial charge < -0.3 is 9.47 Å². The van der Waals surface area contributed by atoms with E-state index in [0.29, 0.717) is 6.61 Å². The van der Waals surface area contributed by atoms with Gasteiger partial charge in [0, 0.05) is 0 Å². The highest BCUT2D eigenvalue weighted by molar-refractivity contribution is 5.77. The first-order valence-corrected chi connectivity index (χ1v) is 8.95. The second-order valence-electron chi connectivity index (χ2n) is 5.93. The maximum Gasteiger partial charge on any atom is 0.306 e. The smallest absolute Gasteiger partial charge is 0.306 e. The molecule has 1 unspecified atom stereocenters. The van der Waals surface area contributed by atoms with Crippen LogP contribution in [0.2, 0.25) is 0 Å². The fourth-order valence-electron chi connectivity index (χ4n) is 2.19. The molecule has 0 radical (unpaired) electrons. The van der Waals surface area contributed by atoms with Gasteiger partial charge in [-0.3, -0.25) is 9.59 Å². The average molecular weight is 314 g/mol. The zero-order valence-electron chi connectivity index (χ0n) is 14.7. The van der Waals surface area contributed by atoms with Crippen LogP contribution in [0.5, 0.6) is 0 Å². The van der Waals surface area contributed by atoms with E-state index in [1.54, 1.807) is 0 Å². The van der Waals surface area contributed by atoms with Gasteiger partial charge in [-0.15, -0.1) is 0 Å². The molecule has 0 aromatic rings. The van der Waals surface area contributed by atoms with E-state index in [1.807, 2.05) is 6.92 Å². The Balaban J connectivity index is 3.53. The summed E-state index contributed by atoms with van der Waals surface area (Å²) in [6.45, 7) is 6.68. The molecule has 0 amide bonds. The van der Waals surface area contributed by atoms with Gasteiger partial charge in [-0.2, -0.15) is 0 Å². The van der Waals surface area contributed by atoms with Gasteiger partial charge in [0.05, 0.1) is 25.6 Å². The topological polar surface area (TPSA) is 52.6 Å². The Bertz CT molecular complexity index is 289. The first-order valence-electron chi connectivity index (χ1n) is 8.95. The summed E-state index contributed by atoms with van der Waals surface area (Å²) in [7, 11) is 0. The fraction of sp³-hybridized carbons (Fsp3) is 0.889. The summed E-state index contributed by atoms with van der Waals surface area (Å²) in [6.07, 6.45) is 10.1. The van der Waals surface area contributed by atoms with Gasteiger partial charge in [0.2, 0.25) is 0 Å². The third kappa shape index (κ3) is 13.9. The zero-order valence-corrected chi connectivity index (χ0v) is 14.7. The molecule has 0 aromatic carbocycles. The fourth-order valence-corrected chi connectivity index (χ4v) is 2.19. The molecule has 0 saturated carbocycles. The van der Waals surface area contributed by atoms with E-state index in [2.05, 4.69) is 13.8 Å². The van der Waals surface area contributed by atoms with Crippen molar-refractivity contribution >= 4 is 11.9 Å². The molecule has 0 aliphatic carbocycles. The molecule has 0 aliphatic heterocycles. The van der Waals surface area contributed by atoms with E-state index in [1.165, 1.54) is 19.3 Å². The third-order valence-electron chi connectivity index (χ3n) is 3.59. The maximum atomic E-state index is 11.6. The quantitative estimate of drug-likeness (QED) is 0.341. The van der Waals surface area contributed by atoms with Crippen LogP contribution in [0, 0.1) is 0 Å². The SMILES string of the molecule is CCCCCCCOC(=O)CCC(=O)OC(C)CCCCC. The van der Waals surface area contributed by atoms with Gasteiger partial charge in [-0.25, -0.2) is 0 Å². The first kappa shape index (κ1) is 20.9. The lowest BCUT2D eigenvalue weighted by molar-refractivity contribution is -0.153. The van der Waals surface area contributed by atoms with E-state index in [9.17, 15) is 9.59 Å². The molecule has 0 aromatic heterocycles. The molecule has 4 nitrogen and oxygen atoms in total. The lowest BCUT2D eigenvalue weighted by atomic mass is 10.1. The molecule has 0 heterocycles. The van der Waals surface area contributed by atoms with Gasteiger partial charge in [0.15, 0.2) is 0 Å². The lowest BCUT2D eigenvalue weighted by Crippen LogP contribution is -2.16. The summed E-state index contributed by atoms with van der Waals surface area (Å²) < 4.78 is 10.4. The van der Waals surface area contributed by atoms with Crippen LogP contribution in [-0.4, -0.2) is 24.6 Å². The van der Waals surface area contributed by atoms with Crippen LogP contribution in [0.1, 0.15) is 91.4 Å². The molecule has 0 saturated heterocycles. The average Bonchev–Trinajstić information content (AvgIpc) is 2.49. The predicted octanol–water partition coefficient (Wildman–Crippen LogP) is 4.79. The number of rotatable bonds is 14. The van der Waals surface area contributed by atoms with Crippen molar-refractivity contribution in [2.45, 2.75) is 97.5 Å². The van der Waals surface area contributed by atoms with Crippen molar-refractivity contribution in [3.8, 4) is 0 Å². The zero-order chi connectivity index (χ0) is 16.6. The van der Waals surface area contributed by atoms with E-state index in [-0.39, 0.29) is 30.9 Å². The van der Waals surface area contributed by atoms with E-state index in [4.69, 9.17) is 9.47 Å². The summed E-state index contributed by atoms with van der Waals surface area (Å²) in [4.78, 5) is 23.1. The summed E-state index contributed by atoms with van der Waals surface area (Å²) in [5.41, 5.74) is 0. The number of hydrogen-bond donors (Lipinski definition) is 0. The Kier molecular flexibility index (Phi) is 14.1. The van der Waals surface area contributed by atoms with Crippen molar-refractivity contribution in [3.05, 3.63) is 0 Å². The van der Waals surface area contributed by atoms with Gasteiger partial charge >= 0.3 is 11.9 Å². The highest BCUT2D eigenvalue weighted by Gasteiger charge is 2.12. The molecule has 22 heavy (non-hydrogen) atoms. The predicted molar refractivity (Wildman–Crippen MR) is 88.6 cm³/mol. The summed E-state index contributed by atoms with van der Waals surface area (Å²) in [6, 6.07) is 0. The van der Waals surface area contributed by atoms with Gasteiger partial charge in [-0.05, 0) is 26.2 Å². The van der Waals surface area contributed by atoms with E-state index < -0.39 is 0 Å². The third-order valence-corrected chi connectivity index (χ3v) is 3.59. The summed E-state index contributed by atoms with van der Waals surface area (Å²) in [5, 5.41) is 0. The molecule has 130 valence electrons. The van der Waals surface area contributed by atoms with Crippen molar-refractivity contribution in [1.29, 1.82) is 0 Å². The first-order chi connectivity index (χ1) is 10.6. The Labute approximate surface area is 135 Å². The highest BCUT2D eigenvalue weighted by atomic mass is 16.5. The Morgan fingerprint density at radius 3 is 2.09 bits per heavy atom. The van der Waals surface area contributed by atoms with Crippen LogP contribution in [-0.2, 0) is 19.1 Å². The summed E-state index contributed by atoms with van der Waals surface area (Å²) in [5.74, 6) is -0.602. The van der Waals surface area contributed by atoms with Crippen molar-refractivity contribution in [2.75, 3.05) is 6.61 Å². The minimum absolute atomic E-state index is 0.0614. The number of esters is 2. The second-order valence-corrected chi connectivity index (χ2v) is 5.93. The van der Waals surface area contributed by atoms with Crippen molar-refractivity contribution in [2.24, 2.45) is 0 Å². The van der Waals surface area contributed by atoms with Crippen LogP contribution in [0.4, 0.5) is 0 Å². The van der Waals surface area contributed by atoms with Gasteiger partial charge in [0.1, 0.15) is 0 Å². The number of carbonyl (C=O) groups is 2. The normalized spacial score (nSPS) is 12.0. The van der Waals surface area contributed by atoms with Crippen LogP contribution >= 0.6 is 0 Å². The Morgan fingerprint density at radius 2 is 1.41 bits per heavy atom. The highest BCUT2D eigenvalue weighted by Crippen LogP contribution is 2.08. The number of hydrogen-bond acceptors (Lipinski definition) is 4. The van der Waals surface area contributed by atoms with Crippen LogP contribution in [0.15, 0.2) is 0 Å². The number of unbranched alkanes of at least 4 members (excludes halogenated alkanes) is 6. The molecular formula is C18H34O4. The maximum absolute atomic E-state index is 11.6. The molecule has 0 fully saturated rings. The Morgan fingerprint density at radius 1 is 0.818 bits per heavy atom. The van der Waals surface area contributed by atoms with Crippen molar-refractivity contribution < 1.29 is 19.1 Å². The minimum Gasteiger partial charge on any atom is -0.466 e. The molecule has 1 atom stereocenters. The van der Waals surface area contributed by atoms with Gasteiger partial charge in [-0.1, -0.05) is 52.4 Å². The molecule has 0 spiro atoms. The van der Waals surface area contributed by atoms with Crippen LogP contribution < -0.4 is 0 Å². The molecule has 0 rings (SSSR count). The largest absolute Gasteiger partial charge is 0.466 e. The van der Waals surface area contributed by atoms with E-state index in [0.717, 1.165) is 38.5 Å².